The SMILES string of the molecule is FC(COCc1ccccc1)COC(c1ccccc1)(c1ccccc1)c1ccccc1. The van der Waals surface area contributed by atoms with Crippen molar-refractivity contribution in [2.45, 2.75) is 18.4 Å². The molecule has 0 aromatic heterocycles. The Morgan fingerprint density at radius 2 is 0.969 bits per heavy atom. The van der Waals surface area contributed by atoms with Crippen molar-refractivity contribution in [3.05, 3.63) is 144 Å². The van der Waals surface area contributed by atoms with Gasteiger partial charge in [0, 0.05) is 0 Å². The summed E-state index contributed by atoms with van der Waals surface area (Å²) < 4.78 is 27.0. The Bertz CT molecular complexity index is 957. The molecule has 0 saturated heterocycles. The van der Waals surface area contributed by atoms with E-state index in [-0.39, 0.29) is 13.2 Å². The van der Waals surface area contributed by atoms with Gasteiger partial charge in [-0.15, -0.1) is 0 Å². The van der Waals surface area contributed by atoms with E-state index in [1.165, 1.54) is 0 Å². The van der Waals surface area contributed by atoms with E-state index in [1.807, 2.05) is 121 Å². The van der Waals surface area contributed by atoms with Crippen molar-refractivity contribution in [1.29, 1.82) is 0 Å². The third-order valence-corrected chi connectivity index (χ3v) is 5.43. The van der Waals surface area contributed by atoms with Crippen LogP contribution in [0.5, 0.6) is 0 Å². The molecule has 4 aromatic rings. The molecule has 0 bridgehead atoms. The second kappa shape index (κ2) is 10.9. The molecule has 0 spiro atoms. The van der Waals surface area contributed by atoms with Gasteiger partial charge in [-0.3, -0.25) is 0 Å². The molecule has 0 saturated carbocycles. The highest BCUT2D eigenvalue weighted by molar-refractivity contribution is 5.47. The Hall–Kier alpha value is -3.27. The van der Waals surface area contributed by atoms with E-state index in [9.17, 15) is 4.39 Å². The van der Waals surface area contributed by atoms with Crippen LogP contribution in [0.4, 0.5) is 4.39 Å². The van der Waals surface area contributed by atoms with Crippen LogP contribution >= 0.6 is 0 Å². The Balaban J connectivity index is 1.58. The molecule has 162 valence electrons. The molecular formula is C29H27FO2. The molecule has 4 rings (SSSR count). The van der Waals surface area contributed by atoms with Gasteiger partial charge in [0.1, 0.15) is 11.8 Å². The Morgan fingerprint density at radius 3 is 1.41 bits per heavy atom. The summed E-state index contributed by atoms with van der Waals surface area (Å²) in [4.78, 5) is 0. The molecule has 0 aliphatic heterocycles. The van der Waals surface area contributed by atoms with Crippen LogP contribution < -0.4 is 0 Å². The number of hydrogen-bond donors (Lipinski definition) is 0. The van der Waals surface area contributed by atoms with Crippen molar-refractivity contribution in [2.75, 3.05) is 13.2 Å². The van der Waals surface area contributed by atoms with E-state index >= 15 is 0 Å². The summed E-state index contributed by atoms with van der Waals surface area (Å²) in [6.45, 7) is 0.263. The van der Waals surface area contributed by atoms with E-state index in [2.05, 4.69) is 0 Å². The number of alkyl halides is 1. The fourth-order valence-electron chi connectivity index (χ4n) is 3.91. The number of benzene rings is 4. The number of hydrogen-bond acceptors (Lipinski definition) is 2. The minimum absolute atomic E-state index is 0.0245. The zero-order chi connectivity index (χ0) is 22.1. The first-order valence-corrected chi connectivity index (χ1v) is 10.9. The predicted molar refractivity (Wildman–Crippen MR) is 126 cm³/mol. The van der Waals surface area contributed by atoms with E-state index < -0.39 is 11.8 Å². The van der Waals surface area contributed by atoms with Crippen LogP contribution in [0, 0.1) is 0 Å². The van der Waals surface area contributed by atoms with Crippen LogP contribution in [0.2, 0.25) is 0 Å². The predicted octanol–water partition coefficient (Wildman–Crippen LogP) is 6.55. The minimum atomic E-state index is -1.26. The average Bonchev–Trinajstić information content (AvgIpc) is 2.87. The smallest absolute Gasteiger partial charge is 0.147 e. The van der Waals surface area contributed by atoms with Crippen molar-refractivity contribution < 1.29 is 13.9 Å². The van der Waals surface area contributed by atoms with Gasteiger partial charge in [-0.05, 0) is 22.3 Å². The summed E-state index contributed by atoms with van der Waals surface area (Å²) in [5.41, 5.74) is 2.96. The van der Waals surface area contributed by atoms with Gasteiger partial charge in [0.15, 0.2) is 0 Å². The molecule has 4 aromatic carbocycles. The normalized spacial score (nSPS) is 12.4. The quantitative estimate of drug-likeness (QED) is 0.268. The van der Waals surface area contributed by atoms with E-state index in [0.29, 0.717) is 6.61 Å². The first-order chi connectivity index (χ1) is 15.8. The average molecular weight is 427 g/mol. The summed E-state index contributed by atoms with van der Waals surface area (Å²) in [5, 5.41) is 0. The lowest BCUT2D eigenvalue weighted by molar-refractivity contribution is -0.0398. The lowest BCUT2D eigenvalue weighted by Gasteiger charge is -2.36. The summed E-state index contributed by atoms with van der Waals surface area (Å²) in [5.74, 6) is 0. The van der Waals surface area contributed by atoms with Crippen molar-refractivity contribution in [3.8, 4) is 0 Å². The Labute approximate surface area is 189 Å². The van der Waals surface area contributed by atoms with Crippen LogP contribution in [0.1, 0.15) is 22.3 Å². The summed E-state index contributed by atoms with van der Waals surface area (Å²) >= 11 is 0. The molecule has 32 heavy (non-hydrogen) atoms. The number of rotatable bonds is 10. The van der Waals surface area contributed by atoms with Gasteiger partial charge in [-0.1, -0.05) is 121 Å². The standard InChI is InChI=1S/C29H27FO2/c30-28(22-31-21-24-13-5-1-6-14-24)23-32-29(25-15-7-2-8-16-25,26-17-9-3-10-18-26)27-19-11-4-12-20-27/h1-20,28H,21-23H2. The van der Waals surface area contributed by atoms with Crippen LogP contribution in [0.25, 0.3) is 0 Å². The van der Waals surface area contributed by atoms with Crippen LogP contribution in [-0.2, 0) is 21.7 Å². The third-order valence-electron chi connectivity index (χ3n) is 5.43. The summed E-state index contributed by atoms with van der Waals surface area (Å²) in [7, 11) is 0. The lowest BCUT2D eigenvalue weighted by Crippen LogP contribution is -2.35. The molecule has 0 N–H and O–H groups in total. The van der Waals surface area contributed by atoms with E-state index in [1.54, 1.807) is 0 Å². The highest BCUT2D eigenvalue weighted by Crippen LogP contribution is 2.40. The molecule has 2 nitrogen and oxygen atoms in total. The summed E-state index contributed by atoms with van der Waals surface area (Å²) in [6.07, 6.45) is -1.26. The first kappa shape index (κ1) is 21.9. The van der Waals surface area contributed by atoms with Crippen LogP contribution in [0.3, 0.4) is 0 Å². The lowest BCUT2D eigenvalue weighted by atomic mass is 9.80. The molecule has 1 atom stereocenters. The van der Waals surface area contributed by atoms with Gasteiger partial charge >= 0.3 is 0 Å². The molecule has 0 amide bonds. The van der Waals surface area contributed by atoms with Crippen molar-refractivity contribution in [1.82, 2.24) is 0 Å². The molecule has 1 unspecified atom stereocenters. The zero-order valence-electron chi connectivity index (χ0n) is 17.9. The minimum Gasteiger partial charge on any atom is -0.374 e. The highest BCUT2D eigenvalue weighted by atomic mass is 19.1. The maximum atomic E-state index is 14.9. The van der Waals surface area contributed by atoms with Gasteiger partial charge in [0.05, 0.1) is 19.8 Å². The maximum Gasteiger partial charge on any atom is 0.147 e. The maximum absolute atomic E-state index is 14.9. The monoisotopic (exact) mass is 426 g/mol. The van der Waals surface area contributed by atoms with Crippen molar-refractivity contribution in [3.63, 3.8) is 0 Å². The molecule has 0 radical (unpaired) electrons. The van der Waals surface area contributed by atoms with Gasteiger partial charge < -0.3 is 9.47 Å². The molecule has 0 aliphatic carbocycles. The first-order valence-electron chi connectivity index (χ1n) is 10.9. The number of halogens is 1. The van der Waals surface area contributed by atoms with Crippen molar-refractivity contribution >= 4 is 0 Å². The topological polar surface area (TPSA) is 18.5 Å². The van der Waals surface area contributed by atoms with Crippen molar-refractivity contribution in [2.24, 2.45) is 0 Å². The van der Waals surface area contributed by atoms with Gasteiger partial charge in [0.25, 0.3) is 0 Å². The number of ether oxygens (including phenoxy) is 2. The Kier molecular flexibility index (Phi) is 7.44. The molecular weight excluding hydrogens is 399 g/mol. The largest absolute Gasteiger partial charge is 0.374 e. The molecule has 0 aliphatic rings. The van der Waals surface area contributed by atoms with Crippen LogP contribution in [0.15, 0.2) is 121 Å². The van der Waals surface area contributed by atoms with E-state index in [4.69, 9.17) is 9.47 Å². The second-order valence-electron chi connectivity index (χ2n) is 7.69. The zero-order valence-corrected chi connectivity index (χ0v) is 17.9. The Morgan fingerprint density at radius 1 is 0.562 bits per heavy atom. The van der Waals surface area contributed by atoms with E-state index in [0.717, 1.165) is 22.3 Å². The van der Waals surface area contributed by atoms with Gasteiger partial charge in [-0.25, -0.2) is 4.39 Å². The fourth-order valence-corrected chi connectivity index (χ4v) is 3.91. The molecule has 0 heterocycles. The van der Waals surface area contributed by atoms with Crippen LogP contribution in [-0.4, -0.2) is 19.4 Å². The van der Waals surface area contributed by atoms with Gasteiger partial charge in [-0.2, -0.15) is 0 Å². The molecule has 0 fully saturated rings. The second-order valence-corrected chi connectivity index (χ2v) is 7.69. The third kappa shape index (κ3) is 5.13. The fraction of sp³-hybridized carbons (Fsp3) is 0.172. The van der Waals surface area contributed by atoms with Gasteiger partial charge in [0.2, 0.25) is 0 Å². The molecule has 3 heteroatoms. The highest BCUT2D eigenvalue weighted by Gasteiger charge is 2.38. The summed E-state index contributed by atoms with van der Waals surface area (Å²) in [6, 6.07) is 39.7.